The number of anilines is 1. The Hall–Kier alpha value is -2.89. The minimum absolute atomic E-state index is 0.273. The quantitative estimate of drug-likeness (QED) is 0.848. The highest BCUT2D eigenvalue weighted by Gasteiger charge is 2.10. The lowest BCUT2D eigenvalue weighted by atomic mass is 10.1. The summed E-state index contributed by atoms with van der Waals surface area (Å²) in [6, 6.07) is 11.6. The molecular weight excluding hydrogens is 299 g/mol. The first-order valence-electron chi connectivity index (χ1n) is 7.01. The van der Waals surface area contributed by atoms with Crippen LogP contribution in [-0.2, 0) is 4.74 Å². The molecule has 0 spiro atoms. The Balaban J connectivity index is 1.93. The molecule has 0 heterocycles. The fraction of sp³-hybridized carbons (Fsp3) is 0.176. The molecule has 0 aliphatic rings. The van der Waals surface area contributed by atoms with E-state index in [4.69, 9.17) is 0 Å². The normalized spacial score (nSPS) is 11.4. The van der Waals surface area contributed by atoms with Crippen molar-refractivity contribution >= 4 is 17.7 Å². The van der Waals surface area contributed by atoms with Gasteiger partial charge in [-0.1, -0.05) is 12.1 Å². The van der Waals surface area contributed by atoms with Gasteiger partial charge >= 0.3 is 12.0 Å². The van der Waals surface area contributed by atoms with Gasteiger partial charge in [0, 0.05) is 5.69 Å². The maximum atomic E-state index is 12.9. The fourth-order valence-electron chi connectivity index (χ4n) is 2.01. The molecule has 0 saturated heterocycles. The van der Waals surface area contributed by atoms with E-state index >= 15 is 0 Å². The Morgan fingerprint density at radius 3 is 2.22 bits per heavy atom. The van der Waals surface area contributed by atoms with E-state index in [1.165, 1.54) is 19.2 Å². The Morgan fingerprint density at radius 1 is 1.04 bits per heavy atom. The third-order valence-corrected chi connectivity index (χ3v) is 3.28. The summed E-state index contributed by atoms with van der Waals surface area (Å²) in [6.07, 6.45) is 0. The molecule has 2 amide bonds. The van der Waals surface area contributed by atoms with Crippen LogP contribution in [0.25, 0.3) is 0 Å². The van der Waals surface area contributed by atoms with Crippen molar-refractivity contribution in [1.82, 2.24) is 5.32 Å². The lowest BCUT2D eigenvalue weighted by molar-refractivity contribution is 0.0600. The number of carbonyl (C=O) groups is 2. The summed E-state index contributed by atoms with van der Waals surface area (Å²) in [7, 11) is 1.30. The Kier molecular flexibility index (Phi) is 5.30. The lowest BCUT2D eigenvalue weighted by Gasteiger charge is -2.15. The predicted octanol–water partition coefficient (Wildman–Crippen LogP) is 3.50. The van der Waals surface area contributed by atoms with Crippen LogP contribution in [-0.4, -0.2) is 19.1 Å². The molecule has 0 saturated carbocycles. The molecular formula is C17H17FN2O3. The minimum Gasteiger partial charge on any atom is -0.465 e. The molecule has 0 bridgehead atoms. The number of hydrogen-bond acceptors (Lipinski definition) is 3. The molecule has 23 heavy (non-hydrogen) atoms. The summed E-state index contributed by atoms with van der Waals surface area (Å²) in [4.78, 5) is 23.3. The van der Waals surface area contributed by atoms with Gasteiger partial charge in [-0.15, -0.1) is 0 Å². The summed E-state index contributed by atoms with van der Waals surface area (Å²) in [6.45, 7) is 1.80. The van der Waals surface area contributed by atoms with Crippen LogP contribution in [0.2, 0.25) is 0 Å². The number of carbonyl (C=O) groups excluding carboxylic acids is 2. The number of esters is 1. The smallest absolute Gasteiger partial charge is 0.337 e. The van der Waals surface area contributed by atoms with Crippen LogP contribution in [0.1, 0.15) is 28.9 Å². The fourth-order valence-corrected chi connectivity index (χ4v) is 2.01. The summed E-state index contributed by atoms with van der Waals surface area (Å²) in [5.41, 5.74) is 1.74. The number of nitrogens with one attached hydrogen (secondary N) is 2. The van der Waals surface area contributed by atoms with Crippen molar-refractivity contribution in [2.45, 2.75) is 13.0 Å². The Morgan fingerprint density at radius 2 is 1.65 bits per heavy atom. The zero-order valence-corrected chi connectivity index (χ0v) is 12.8. The van der Waals surface area contributed by atoms with E-state index < -0.39 is 12.0 Å². The van der Waals surface area contributed by atoms with E-state index in [-0.39, 0.29) is 11.9 Å². The van der Waals surface area contributed by atoms with Crippen LogP contribution < -0.4 is 10.6 Å². The van der Waals surface area contributed by atoms with Crippen molar-refractivity contribution < 1.29 is 18.7 Å². The van der Waals surface area contributed by atoms with Gasteiger partial charge in [-0.2, -0.15) is 0 Å². The number of hydrogen-bond donors (Lipinski definition) is 2. The second kappa shape index (κ2) is 7.40. The van der Waals surface area contributed by atoms with Gasteiger partial charge < -0.3 is 15.4 Å². The standard InChI is InChI=1S/C17H17FN2O3/c1-11(12-3-7-14(18)8-4-12)19-17(22)20-15-9-5-13(6-10-15)16(21)23-2/h3-11H,1-2H3,(H2,19,20,22)/t11-/m1/s1. The van der Waals surface area contributed by atoms with Crippen molar-refractivity contribution in [1.29, 1.82) is 0 Å². The Bertz CT molecular complexity index is 684. The summed E-state index contributed by atoms with van der Waals surface area (Å²) in [5, 5.41) is 5.41. The first kappa shape index (κ1) is 16.5. The van der Waals surface area contributed by atoms with Crippen LogP contribution in [0.4, 0.5) is 14.9 Å². The third-order valence-electron chi connectivity index (χ3n) is 3.28. The van der Waals surface area contributed by atoms with Crippen LogP contribution >= 0.6 is 0 Å². The van der Waals surface area contributed by atoms with Gasteiger partial charge in [0.15, 0.2) is 0 Å². The largest absolute Gasteiger partial charge is 0.465 e. The van der Waals surface area contributed by atoms with Crippen LogP contribution in [0.3, 0.4) is 0 Å². The number of rotatable bonds is 4. The minimum atomic E-state index is -0.439. The van der Waals surface area contributed by atoms with E-state index in [9.17, 15) is 14.0 Å². The zero-order chi connectivity index (χ0) is 16.8. The summed E-state index contributed by atoms with van der Waals surface area (Å²) >= 11 is 0. The maximum absolute atomic E-state index is 12.9. The first-order valence-corrected chi connectivity index (χ1v) is 7.01. The monoisotopic (exact) mass is 316 g/mol. The molecule has 2 aromatic carbocycles. The van der Waals surface area contributed by atoms with E-state index in [0.717, 1.165) is 5.56 Å². The Labute approximate surface area is 133 Å². The van der Waals surface area contributed by atoms with E-state index in [2.05, 4.69) is 15.4 Å². The highest BCUT2D eigenvalue weighted by Crippen LogP contribution is 2.14. The van der Waals surface area contributed by atoms with Crippen molar-refractivity contribution in [3.8, 4) is 0 Å². The maximum Gasteiger partial charge on any atom is 0.337 e. The van der Waals surface area contributed by atoms with Crippen LogP contribution in [0, 0.1) is 5.82 Å². The molecule has 0 aromatic heterocycles. The van der Waals surface area contributed by atoms with E-state index in [0.29, 0.717) is 11.3 Å². The molecule has 0 fully saturated rings. The number of urea groups is 1. The molecule has 0 radical (unpaired) electrons. The number of ether oxygens (including phenoxy) is 1. The summed E-state index contributed by atoms with van der Waals surface area (Å²) < 4.78 is 17.5. The molecule has 0 aliphatic carbocycles. The zero-order valence-electron chi connectivity index (χ0n) is 12.8. The van der Waals surface area contributed by atoms with Gasteiger partial charge in [-0.05, 0) is 48.9 Å². The van der Waals surface area contributed by atoms with Crippen molar-refractivity contribution in [2.24, 2.45) is 0 Å². The molecule has 0 aliphatic heterocycles. The topological polar surface area (TPSA) is 67.4 Å². The van der Waals surface area contributed by atoms with Crippen molar-refractivity contribution in [3.05, 3.63) is 65.5 Å². The van der Waals surface area contributed by atoms with E-state index in [1.54, 1.807) is 43.3 Å². The SMILES string of the molecule is COC(=O)c1ccc(NC(=O)N[C@H](C)c2ccc(F)cc2)cc1. The summed E-state index contributed by atoms with van der Waals surface area (Å²) in [5.74, 6) is -0.762. The van der Waals surface area contributed by atoms with Crippen molar-refractivity contribution in [3.63, 3.8) is 0 Å². The molecule has 1 atom stereocenters. The highest BCUT2D eigenvalue weighted by molar-refractivity contribution is 5.92. The first-order chi connectivity index (χ1) is 11.0. The molecule has 5 nitrogen and oxygen atoms in total. The number of benzene rings is 2. The van der Waals surface area contributed by atoms with Gasteiger partial charge in [0.1, 0.15) is 5.82 Å². The van der Waals surface area contributed by atoms with Crippen molar-refractivity contribution in [2.75, 3.05) is 12.4 Å². The van der Waals surface area contributed by atoms with Gasteiger partial charge in [-0.25, -0.2) is 14.0 Å². The highest BCUT2D eigenvalue weighted by atomic mass is 19.1. The predicted molar refractivity (Wildman–Crippen MR) is 84.8 cm³/mol. The van der Waals surface area contributed by atoms with Crippen LogP contribution in [0.5, 0.6) is 0 Å². The van der Waals surface area contributed by atoms with Gasteiger partial charge in [0.2, 0.25) is 0 Å². The van der Waals surface area contributed by atoms with Gasteiger partial charge in [0.05, 0.1) is 18.7 Å². The number of methoxy groups -OCH3 is 1. The van der Waals surface area contributed by atoms with Crippen LogP contribution in [0.15, 0.2) is 48.5 Å². The van der Waals surface area contributed by atoms with E-state index in [1.807, 2.05) is 0 Å². The second-order valence-electron chi connectivity index (χ2n) is 4.94. The molecule has 2 rings (SSSR count). The van der Waals surface area contributed by atoms with Gasteiger partial charge in [-0.3, -0.25) is 0 Å². The molecule has 2 aromatic rings. The molecule has 120 valence electrons. The average molecular weight is 316 g/mol. The number of amides is 2. The van der Waals surface area contributed by atoms with Gasteiger partial charge in [0.25, 0.3) is 0 Å². The molecule has 0 unspecified atom stereocenters. The average Bonchev–Trinajstić information content (AvgIpc) is 2.55. The lowest BCUT2D eigenvalue weighted by Crippen LogP contribution is -2.31. The molecule has 2 N–H and O–H groups in total. The number of halogens is 1. The third kappa shape index (κ3) is 4.54. The molecule has 6 heteroatoms. The second-order valence-corrected chi connectivity index (χ2v) is 4.94.